The van der Waals surface area contributed by atoms with E-state index in [0.717, 1.165) is 23.9 Å². The van der Waals surface area contributed by atoms with Gasteiger partial charge in [-0.05, 0) is 18.9 Å². The van der Waals surface area contributed by atoms with E-state index in [2.05, 4.69) is 58.7 Å². The number of aromatic nitrogens is 1. The van der Waals surface area contributed by atoms with Crippen molar-refractivity contribution in [2.45, 2.75) is 33.4 Å². The van der Waals surface area contributed by atoms with Gasteiger partial charge < -0.3 is 10.6 Å². The number of hydrogen-bond donors (Lipinski definition) is 2. The molecule has 2 rings (SSSR count). The molecule has 2 N–H and O–H groups in total. The van der Waals surface area contributed by atoms with Gasteiger partial charge in [0.15, 0.2) is 5.96 Å². The minimum atomic E-state index is 0.707. The van der Waals surface area contributed by atoms with Crippen molar-refractivity contribution in [2.24, 2.45) is 4.99 Å². The van der Waals surface area contributed by atoms with Crippen LogP contribution in [0.5, 0.6) is 0 Å². The summed E-state index contributed by atoms with van der Waals surface area (Å²) in [6.45, 7) is 5.71. The number of benzene rings is 1. The quantitative estimate of drug-likeness (QED) is 0.659. The van der Waals surface area contributed by atoms with Crippen molar-refractivity contribution in [1.82, 2.24) is 15.6 Å². The maximum absolute atomic E-state index is 4.39. The molecule has 4 nitrogen and oxygen atoms in total. The molecule has 0 saturated carbocycles. The molecule has 112 valence electrons. The zero-order valence-electron chi connectivity index (χ0n) is 12.8. The molecule has 1 heterocycles. The molecule has 0 radical (unpaired) electrons. The van der Waals surface area contributed by atoms with Crippen LogP contribution in [0.25, 0.3) is 0 Å². The number of nitrogens with one attached hydrogen (secondary N) is 2. The summed E-state index contributed by atoms with van der Waals surface area (Å²) in [5.74, 6) is 0.795. The van der Waals surface area contributed by atoms with Gasteiger partial charge >= 0.3 is 0 Å². The van der Waals surface area contributed by atoms with Gasteiger partial charge in [0.25, 0.3) is 0 Å². The lowest BCUT2D eigenvalue weighted by Crippen LogP contribution is -2.36. The van der Waals surface area contributed by atoms with E-state index in [1.807, 2.05) is 6.20 Å². The van der Waals surface area contributed by atoms with Crippen LogP contribution in [0, 0.1) is 6.92 Å². The third-order valence-corrected chi connectivity index (χ3v) is 4.30. The Labute approximate surface area is 130 Å². The molecule has 1 aromatic carbocycles. The summed E-state index contributed by atoms with van der Waals surface area (Å²) in [5.41, 5.74) is 2.52. The van der Waals surface area contributed by atoms with Gasteiger partial charge in [-0.3, -0.25) is 4.99 Å². The van der Waals surface area contributed by atoms with Crippen LogP contribution in [0.15, 0.2) is 35.5 Å². The summed E-state index contributed by atoms with van der Waals surface area (Å²) < 4.78 is 0. The number of aryl methyl sites for hydroxylation is 2. The monoisotopic (exact) mass is 302 g/mol. The standard InChI is InChI=1S/C16H22N4S/c1-4-14-10-18-15(21-14)11-20-16(17-3)19-9-13-7-5-12(2)6-8-13/h5-8,10H,4,9,11H2,1-3H3,(H2,17,19,20). The van der Waals surface area contributed by atoms with E-state index in [1.165, 1.54) is 16.0 Å². The van der Waals surface area contributed by atoms with Crippen molar-refractivity contribution in [1.29, 1.82) is 0 Å². The summed E-state index contributed by atoms with van der Waals surface area (Å²) in [7, 11) is 1.78. The minimum absolute atomic E-state index is 0.707. The number of rotatable bonds is 5. The smallest absolute Gasteiger partial charge is 0.191 e. The highest BCUT2D eigenvalue weighted by molar-refractivity contribution is 7.11. The number of nitrogens with zero attached hydrogens (tertiary/aromatic N) is 2. The highest BCUT2D eigenvalue weighted by atomic mass is 32.1. The second kappa shape index (κ2) is 7.78. The third-order valence-electron chi connectivity index (χ3n) is 3.16. The average Bonchev–Trinajstić information content (AvgIpc) is 2.97. The molecule has 0 saturated heterocycles. The molecule has 0 atom stereocenters. The number of hydrogen-bond acceptors (Lipinski definition) is 3. The first-order chi connectivity index (χ1) is 10.2. The van der Waals surface area contributed by atoms with Crippen LogP contribution in [-0.4, -0.2) is 18.0 Å². The topological polar surface area (TPSA) is 49.3 Å². The van der Waals surface area contributed by atoms with Crippen LogP contribution in [0.2, 0.25) is 0 Å². The summed E-state index contributed by atoms with van der Waals surface area (Å²) in [4.78, 5) is 9.94. The highest BCUT2D eigenvalue weighted by Gasteiger charge is 2.02. The Morgan fingerprint density at radius 1 is 1.19 bits per heavy atom. The molecular formula is C16H22N4S. The first kappa shape index (κ1) is 15.5. The van der Waals surface area contributed by atoms with Crippen LogP contribution in [0.3, 0.4) is 0 Å². The van der Waals surface area contributed by atoms with Crippen LogP contribution < -0.4 is 10.6 Å². The maximum atomic E-state index is 4.39. The van der Waals surface area contributed by atoms with Crippen molar-refractivity contribution in [3.8, 4) is 0 Å². The maximum Gasteiger partial charge on any atom is 0.191 e. The number of thiazole rings is 1. The fourth-order valence-corrected chi connectivity index (χ4v) is 2.67. The van der Waals surface area contributed by atoms with Gasteiger partial charge in [0, 0.05) is 24.7 Å². The molecule has 0 aliphatic rings. The van der Waals surface area contributed by atoms with Crippen molar-refractivity contribution < 1.29 is 0 Å². The van der Waals surface area contributed by atoms with Crippen molar-refractivity contribution >= 4 is 17.3 Å². The third kappa shape index (κ3) is 4.86. The van der Waals surface area contributed by atoms with Crippen molar-refractivity contribution in [3.05, 3.63) is 51.5 Å². The van der Waals surface area contributed by atoms with Gasteiger partial charge in [0.05, 0.1) is 6.54 Å². The molecule has 0 unspecified atom stereocenters. The number of aliphatic imine (C=N–C) groups is 1. The average molecular weight is 302 g/mol. The van der Waals surface area contributed by atoms with Gasteiger partial charge in [-0.25, -0.2) is 4.98 Å². The first-order valence-electron chi connectivity index (χ1n) is 7.15. The predicted molar refractivity (Wildman–Crippen MR) is 89.7 cm³/mol. The molecule has 1 aromatic heterocycles. The SMILES string of the molecule is CCc1cnc(CNC(=NC)NCc2ccc(C)cc2)s1. The Kier molecular flexibility index (Phi) is 5.75. The molecule has 2 aromatic rings. The molecule has 0 aliphatic heterocycles. The Morgan fingerprint density at radius 2 is 1.90 bits per heavy atom. The zero-order valence-corrected chi connectivity index (χ0v) is 13.6. The van der Waals surface area contributed by atoms with Crippen molar-refractivity contribution in [2.75, 3.05) is 7.05 Å². The first-order valence-corrected chi connectivity index (χ1v) is 7.96. The molecule has 5 heteroatoms. The fraction of sp³-hybridized carbons (Fsp3) is 0.375. The summed E-state index contributed by atoms with van der Waals surface area (Å²) in [5, 5.41) is 7.69. The zero-order chi connectivity index (χ0) is 15.1. The van der Waals surface area contributed by atoms with E-state index in [1.54, 1.807) is 18.4 Å². The Hall–Kier alpha value is -1.88. The van der Waals surface area contributed by atoms with Crippen LogP contribution >= 0.6 is 11.3 Å². The second-order valence-electron chi connectivity index (χ2n) is 4.84. The molecule has 21 heavy (non-hydrogen) atoms. The lowest BCUT2D eigenvalue weighted by molar-refractivity contribution is 0.805. The molecule has 0 aliphatic carbocycles. The summed E-state index contributed by atoms with van der Waals surface area (Å²) >= 11 is 1.75. The molecule has 0 amide bonds. The van der Waals surface area contributed by atoms with Crippen LogP contribution in [0.4, 0.5) is 0 Å². The van der Waals surface area contributed by atoms with Gasteiger partial charge in [0.2, 0.25) is 0 Å². The van der Waals surface area contributed by atoms with Crippen molar-refractivity contribution in [3.63, 3.8) is 0 Å². The van der Waals surface area contributed by atoms with Gasteiger partial charge in [0.1, 0.15) is 5.01 Å². The minimum Gasteiger partial charge on any atom is -0.352 e. The lowest BCUT2D eigenvalue weighted by Gasteiger charge is -2.11. The van der Waals surface area contributed by atoms with Gasteiger partial charge in [-0.1, -0.05) is 36.8 Å². The van der Waals surface area contributed by atoms with Gasteiger partial charge in [-0.15, -0.1) is 11.3 Å². The molecule has 0 bridgehead atoms. The van der Waals surface area contributed by atoms with Crippen LogP contribution in [0.1, 0.15) is 27.9 Å². The van der Waals surface area contributed by atoms with E-state index < -0.39 is 0 Å². The molecule has 0 spiro atoms. The largest absolute Gasteiger partial charge is 0.352 e. The van der Waals surface area contributed by atoms with E-state index >= 15 is 0 Å². The second-order valence-corrected chi connectivity index (χ2v) is 6.04. The number of guanidine groups is 1. The lowest BCUT2D eigenvalue weighted by atomic mass is 10.1. The van der Waals surface area contributed by atoms with E-state index in [4.69, 9.17) is 0 Å². The molecule has 0 fully saturated rings. The van der Waals surface area contributed by atoms with E-state index in [-0.39, 0.29) is 0 Å². The Morgan fingerprint density at radius 3 is 2.52 bits per heavy atom. The van der Waals surface area contributed by atoms with E-state index in [9.17, 15) is 0 Å². The normalized spacial score (nSPS) is 11.5. The summed E-state index contributed by atoms with van der Waals surface area (Å²) in [6, 6.07) is 8.50. The van der Waals surface area contributed by atoms with Crippen LogP contribution in [-0.2, 0) is 19.5 Å². The molecular weight excluding hydrogens is 280 g/mol. The predicted octanol–water partition coefficient (Wildman–Crippen LogP) is 2.88. The fourth-order valence-electron chi connectivity index (χ4n) is 1.86. The van der Waals surface area contributed by atoms with E-state index in [0.29, 0.717) is 6.54 Å². The van der Waals surface area contributed by atoms with Gasteiger partial charge in [-0.2, -0.15) is 0 Å². The highest BCUT2D eigenvalue weighted by Crippen LogP contribution is 2.12. The summed E-state index contributed by atoms with van der Waals surface area (Å²) in [6.07, 6.45) is 2.99. The Balaban J connectivity index is 1.81. The Bertz CT molecular complexity index is 587.